The fraction of sp³-hybridized carbons (Fsp3) is 0.462. The van der Waals surface area contributed by atoms with Gasteiger partial charge < -0.3 is 5.11 Å². The fourth-order valence-corrected chi connectivity index (χ4v) is 2.13. The minimum absolute atomic E-state index is 0. The van der Waals surface area contributed by atoms with Crippen molar-refractivity contribution in [2.24, 2.45) is 5.92 Å². The van der Waals surface area contributed by atoms with Gasteiger partial charge in [-0.25, -0.2) is 0 Å². The number of halogens is 1. The van der Waals surface area contributed by atoms with Gasteiger partial charge in [0.05, 0.1) is 5.92 Å². The third-order valence-corrected chi connectivity index (χ3v) is 3.15. The zero-order valence-electron chi connectivity index (χ0n) is 9.93. The quantitative estimate of drug-likeness (QED) is 0.901. The number of hydrogen-bond donors (Lipinski definition) is 1. The highest BCUT2D eigenvalue weighted by molar-refractivity contribution is 5.85. The highest BCUT2D eigenvalue weighted by atomic mass is 35.5. The lowest BCUT2D eigenvalue weighted by molar-refractivity contribution is -0.141. The van der Waals surface area contributed by atoms with Gasteiger partial charge in [0.1, 0.15) is 0 Å². The maximum atomic E-state index is 10.8. The smallest absolute Gasteiger partial charge is 0.307 e. The second-order valence-corrected chi connectivity index (χ2v) is 4.54. The fourth-order valence-electron chi connectivity index (χ4n) is 2.13. The van der Waals surface area contributed by atoms with Gasteiger partial charge in [0.25, 0.3) is 0 Å². The summed E-state index contributed by atoms with van der Waals surface area (Å²) in [6.07, 6.45) is 0.779. The third-order valence-electron chi connectivity index (χ3n) is 3.15. The number of aliphatic carboxylic acids is 1. The molecule has 94 valence electrons. The van der Waals surface area contributed by atoms with Crippen LogP contribution in [0.15, 0.2) is 24.3 Å². The van der Waals surface area contributed by atoms with E-state index in [1.165, 1.54) is 11.1 Å². The van der Waals surface area contributed by atoms with E-state index >= 15 is 0 Å². The van der Waals surface area contributed by atoms with E-state index in [1.807, 2.05) is 0 Å². The lowest BCUT2D eigenvalue weighted by Crippen LogP contribution is -2.22. The minimum Gasteiger partial charge on any atom is -0.481 e. The molecule has 0 radical (unpaired) electrons. The molecular weight excluding hydrogens is 238 g/mol. The van der Waals surface area contributed by atoms with Gasteiger partial charge in [0.15, 0.2) is 0 Å². The van der Waals surface area contributed by atoms with Crippen LogP contribution in [0.2, 0.25) is 0 Å². The molecule has 1 atom stereocenters. The molecule has 0 aliphatic carbocycles. The number of rotatable bonds is 3. The molecule has 1 aliphatic rings. The summed E-state index contributed by atoms with van der Waals surface area (Å²) in [5.74, 6) is -0.836. The summed E-state index contributed by atoms with van der Waals surface area (Å²) in [4.78, 5) is 13.0. The average molecular weight is 256 g/mol. The highest BCUT2D eigenvalue weighted by Crippen LogP contribution is 2.18. The molecule has 1 N–H and O–H groups in total. The van der Waals surface area contributed by atoms with Gasteiger partial charge in [-0.2, -0.15) is 0 Å². The van der Waals surface area contributed by atoms with Crippen molar-refractivity contribution < 1.29 is 9.90 Å². The van der Waals surface area contributed by atoms with Gasteiger partial charge in [-0.3, -0.25) is 9.69 Å². The molecule has 0 amide bonds. The summed E-state index contributed by atoms with van der Waals surface area (Å²) < 4.78 is 0. The molecule has 0 bridgehead atoms. The highest BCUT2D eigenvalue weighted by Gasteiger charge is 2.27. The van der Waals surface area contributed by atoms with E-state index in [0.29, 0.717) is 6.54 Å². The molecule has 3 nitrogen and oxygen atoms in total. The summed E-state index contributed by atoms with van der Waals surface area (Å²) in [7, 11) is 0. The van der Waals surface area contributed by atoms with E-state index in [-0.39, 0.29) is 18.3 Å². The van der Waals surface area contributed by atoms with Gasteiger partial charge in [0, 0.05) is 13.1 Å². The number of likely N-dealkylation sites (tertiary alicyclic amines) is 1. The Morgan fingerprint density at radius 2 is 2.06 bits per heavy atom. The first-order valence-electron chi connectivity index (χ1n) is 5.66. The van der Waals surface area contributed by atoms with Crippen molar-refractivity contribution in [2.45, 2.75) is 19.9 Å². The molecule has 2 rings (SSSR count). The van der Waals surface area contributed by atoms with E-state index < -0.39 is 5.97 Å². The summed E-state index contributed by atoms with van der Waals surface area (Å²) in [5, 5.41) is 8.91. The summed E-state index contributed by atoms with van der Waals surface area (Å²) in [6, 6.07) is 8.42. The maximum Gasteiger partial charge on any atom is 0.307 e. The van der Waals surface area contributed by atoms with E-state index in [2.05, 4.69) is 36.1 Å². The molecule has 17 heavy (non-hydrogen) atoms. The Kier molecular flexibility index (Phi) is 4.97. The number of hydrogen-bond acceptors (Lipinski definition) is 2. The van der Waals surface area contributed by atoms with Crippen LogP contribution >= 0.6 is 12.4 Å². The molecule has 1 aliphatic heterocycles. The van der Waals surface area contributed by atoms with E-state index in [0.717, 1.165) is 19.5 Å². The van der Waals surface area contributed by atoms with Gasteiger partial charge in [-0.05, 0) is 25.5 Å². The van der Waals surface area contributed by atoms with Crippen molar-refractivity contribution in [3.8, 4) is 0 Å². The van der Waals surface area contributed by atoms with Gasteiger partial charge >= 0.3 is 5.97 Å². The first-order chi connectivity index (χ1) is 7.65. The third kappa shape index (κ3) is 3.72. The molecule has 1 heterocycles. The van der Waals surface area contributed by atoms with Crippen molar-refractivity contribution in [3.05, 3.63) is 35.4 Å². The van der Waals surface area contributed by atoms with Crippen LogP contribution in [0.4, 0.5) is 0 Å². The molecule has 1 aromatic carbocycles. The molecule has 1 unspecified atom stereocenters. The van der Waals surface area contributed by atoms with Crippen molar-refractivity contribution in [2.75, 3.05) is 13.1 Å². The molecular formula is C13H18ClNO2. The summed E-state index contributed by atoms with van der Waals surface area (Å²) in [5.41, 5.74) is 2.52. The largest absolute Gasteiger partial charge is 0.481 e. The molecule has 1 fully saturated rings. The number of nitrogens with zero attached hydrogens (tertiary/aromatic N) is 1. The molecule has 1 saturated heterocycles. The van der Waals surface area contributed by atoms with E-state index in [1.54, 1.807) is 0 Å². The first kappa shape index (κ1) is 14.0. The topological polar surface area (TPSA) is 40.5 Å². The van der Waals surface area contributed by atoms with Crippen LogP contribution < -0.4 is 0 Å². The number of carbonyl (C=O) groups is 1. The second kappa shape index (κ2) is 6.03. The Balaban J connectivity index is 0.00000144. The lowest BCUT2D eigenvalue weighted by atomic mass is 10.1. The monoisotopic (exact) mass is 255 g/mol. The number of benzene rings is 1. The van der Waals surface area contributed by atoms with Crippen LogP contribution in [0, 0.1) is 12.8 Å². The van der Waals surface area contributed by atoms with Gasteiger partial charge in [-0.15, -0.1) is 12.4 Å². The Morgan fingerprint density at radius 1 is 1.41 bits per heavy atom. The van der Waals surface area contributed by atoms with Gasteiger partial charge in [0.2, 0.25) is 0 Å². The number of carboxylic acids is 1. The maximum absolute atomic E-state index is 10.8. The Hall–Kier alpha value is -1.06. The van der Waals surface area contributed by atoms with Crippen molar-refractivity contribution in [3.63, 3.8) is 0 Å². The number of carboxylic acid groups (broad SMARTS) is 1. The zero-order chi connectivity index (χ0) is 11.5. The van der Waals surface area contributed by atoms with Crippen LogP contribution in [0.25, 0.3) is 0 Å². The van der Waals surface area contributed by atoms with Gasteiger partial charge in [-0.1, -0.05) is 29.8 Å². The first-order valence-corrected chi connectivity index (χ1v) is 5.66. The van der Waals surface area contributed by atoms with Crippen LogP contribution in [0.5, 0.6) is 0 Å². The molecule has 4 heteroatoms. The van der Waals surface area contributed by atoms with E-state index in [9.17, 15) is 4.79 Å². The normalized spacial score (nSPS) is 19.9. The Morgan fingerprint density at radius 3 is 2.59 bits per heavy atom. The second-order valence-electron chi connectivity index (χ2n) is 4.54. The predicted molar refractivity (Wildman–Crippen MR) is 69.4 cm³/mol. The Bertz CT molecular complexity index is 378. The minimum atomic E-state index is -0.661. The van der Waals surface area contributed by atoms with Crippen molar-refractivity contribution >= 4 is 18.4 Å². The zero-order valence-corrected chi connectivity index (χ0v) is 10.7. The van der Waals surface area contributed by atoms with Crippen LogP contribution in [-0.2, 0) is 11.3 Å². The Labute approximate surface area is 108 Å². The van der Waals surface area contributed by atoms with Crippen molar-refractivity contribution in [1.29, 1.82) is 0 Å². The average Bonchev–Trinajstić information content (AvgIpc) is 2.70. The standard InChI is InChI=1S/C13H17NO2.ClH/c1-10-2-4-11(5-3-10)8-14-7-6-12(9-14)13(15)16;/h2-5,12H,6-9H2,1H3,(H,15,16);1H. The van der Waals surface area contributed by atoms with Crippen LogP contribution in [-0.4, -0.2) is 29.1 Å². The molecule has 0 aromatic heterocycles. The van der Waals surface area contributed by atoms with Crippen molar-refractivity contribution in [1.82, 2.24) is 4.90 Å². The van der Waals surface area contributed by atoms with Crippen LogP contribution in [0.1, 0.15) is 17.5 Å². The molecule has 0 saturated carbocycles. The SMILES string of the molecule is Cc1ccc(CN2CCC(C(=O)O)C2)cc1.Cl. The molecule has 0 spiro atoms. The van der Waals surface area contributed by atoms with Crippen LogP contribution in [0.3, 0.4) is 0 Å². The lowest BCUT2D eigenvalue weighted by Gasteiger charge is -2.15. The predicted octanol–water partition coefficient (Wildman–Crippen LogP) is 2.32. The molecule has 1 aromatic rings. The summed E-state index contributed by atoms with van der Waals surface area (Å²) in [6.45, 7) is 4.51. The number of aryl methyl sites for hydroxylation is 1. The van der Waals surface area contributed by atoms with E-state index in [4.69, 9.17) is 5.11 Å². The summed E-state index contributed by atoms with van der Waals surface area (Å²) >= 11 is 0.